The van der Waals surface area contributed by atoms with E-state index in [9.17, 15) is 9.18 Å². The fraction of sp³-hybridized carbons (Fsp3) is 0.200. The highest BCUT2D eigenvalue weighted by molar-refractivity contribution is 6.04. The highest BCUT2D eigenvalue weighted by atomic mass is 19.1. The summed E-state index contributed by atoms with van der Waals surface area (Å²) in [5.74, 6) is 0.730. The molecule has 0 saturated carbocycles. The summed E-state index contributed by atoms with van der Waals surface area (Å²) in [6.45, 7) is 2.54. The molecule has 0 radical (unpaired) electrons. The number of rotatable bonds is 5. The maximum absolute atomic E-state index is 13.7. The zero-order valence-corrected chi connectivity index (χ0v) is 15.0. The number of aryl methyl sites for hydroxylation is 1. The fourth-order valence-electron chi connectivity index (χ4n) is 2.76. The number of halogens is 1. The Bertz CT molecular complexity index is 1020. The van der Waals surface area contributed by atoms with E-state index in [0.717, 1.165) is 0 Å². The quantitative estimate of drug-likeness (QED) is 0.722. The summed E-state index contributed by atoms with van der Waals surface area (Å²) < 4.78 is 35.3. The Labute approximate surface area is 160 Å². The number of nitrogens with one attached hydrogen (secondary N) is 1. The number of amides is 1. The van der Waals surface area contributed by atoms with Crippen LogP contribution >= 0.6 is 0 Å². The molecule has 1 aliphatic heterocycles. The number of fused-ring (bicyclic) bond motifs is 1. The van der Waals surface area contributed by atoms with Crippen LogP contribution in [-0.2, 0) is 6.61 Å². The molecular weight excluding hydrogens is 367 g/mol. The van der Waals surface area contributed by atoms with Gasteiger partial charge in [0.1, 0.15) is 25.6 Å². The first-order valence-electron chi connectivity index (χ1n) is 8.65. The number of carbonyl (C=O) groups is 1. The van der Waals surface area contributed by atoms with E-state index in [0.29, 0.717) is 41.7 Å². The topological polar surface area (TPSA) is 82.8 Å². The normalized spacial score (nSPS) is 12.5. The molecule has 4 rings (SSSR count). The molecule has 1 aromatic heterocycles. The second kappa shape index (κ2) is 7.59. The van der Waals surface area contributed by atoms with Crippen LogP contribution in [0.5, 0.6) is 17.2 Å². The number of hydrogen-bond acceptors (Lipinski definition) is 6. The molecule has 0 unspecified atom stereocenters. The van der Waals surface area contributed by atoms with Gasteiger partial charge < -0.3 is 24.1 Å². The van der Waals surface area contributed by atoms with Crippen molar-refractivity contribution in [1.82, 2.24) is 5.16 Å². The lowest BCUT2D eigenvalue weighted by atomic mass is 10.2. The molecule has 8 heteroatoms. The average Bonchev–Trinajstić information content (AvgIpc) is 3.08. The molecular formula is C20H17FN2O5. The van der Waals surface area contributed by atoms with E-state index in [4.69, 9.17) is 18.7 Å². The van der Waals surface area contributed by atoms with E-state index in [2.05, 4.69) is 10.5 Å². The van der Waals surface area contributed by atoms with E-state index >= 15 is 0 Å². The summed E-state index contributed by atoms with van der Waals surface area (Å²) in [4.78, 5) is 12.7. The monoisotopic (exact) mass is 384 g/mol. The van der Waals surface area contributed by atoms with Gasteiger partial charge >= 0.3 is 0 Å². The highest BCUT2D eigenvalue weighted by Gasteiger charge is 2.22. The molecule has 2 aromatic carbocycles. The summed E-state index contributed by atoms with van der Waals surface area (Å²) in [6, 6.07) is 11.1. The van der Waals surface area contributed by atoms with Crippen molar-refractivity contribution in [3.05, 3.63) is 65.3 Å². The van der Waals surface area contributed by atoms with Gasteiger partial charge in [-0.25, -0.2) is 4.39 Å². The summed E-state index contributed by atoms with van der Waals surface area (Å²) >= 11 is 0. The Balaban J connectivity index is 1.50. The van der Waals surface area contributed by atoms with Crippen molar-refractivity contribution in [3.63, 3.8) is 0 Å². The van der Waals surface area contributed by atoms with Crippen LogP contribution in [0.4, 0.5) is 10.1 Å². The van der Waals surface area contributed by atoms with Crippen LogP contribution in [0.25, 0.3) is 0 Å². The van der Waals surface area contributed by atoms with Gasteiger partial charge in [-0.2, -0.15) is 0 Å². The molecule has 1 aliphatic rings. The molecule has 0 fully saturated rings. The molecule has 144 valence electrons. The zero-order valence-electron chi connectivity index (χ0n) is 15.0. The number of aromatic nitrogens is 1. The summed E-state index contributed by atoms with van der Waals surface area (Å²) in [5.41, 5.74) is 1.04. The highest BCUT2D eigenvalue weighted by Crippen LogP contribution is 2.32. The number of anilines is 1. The van der Waals surface area contributed by atoms with E-state index in [-0.39, 0.29) is 18.1 Å². The van der Waals surface area contributed by atoms with Crippen LogP contribution in [0, 0.1) is 12.7 Å². The van der Waals surface area contributed by atoms with Crippen LogP contribution in [0.15, 0.2) is 47.0 Å². The van der Waals surface area contributed by atoms with Gasteiger partial charge in [0.05, 0.1) is 5.56 Å². The van der Waals surface area contributed by atoms with Crippen molar-refractivity contribution in [2.24, 2.45) is 0 Å². The van der Waals surface area contributed by atoms with Crippen molar-refractivity contribution in [3.8, 4) is 17.2 Å². The third-order valence-corrected chi connectivity index (χ3v) is 4.21. The van der Waals surface area contributed by atoms with E-state index in [1.54, 1.807) is 37.3 Å². The predicted octanol–water partition coefficient (Wildman–Crippen LogP) is 3.72. The van der Waals surface area contributed by atoms with Gasteiger partial charge in [0, 0.05) is 11.8 Å². The zero-order chi connectivity index (χ0) is 19.5. The fourth-order valence-corrected chi connectivity index (χ4v) is 2.76. The van der Waals surface area contributed by atoms with E-state index in [1.165, 1.54) is 12.1 Å². The smallest absolute Gasteiger partial charge is 0.278 e. The van der Waals surface area contributed by atoms with Gasteiger partial charge in [-0.05, 0) is 31.2 Å². The van der Waals surface area contributed by atoms with Gasteiger partial charge in [0.15, 0.2) is 28.8 Å². The summed E-state index contributed by atoms with van der Waals surface area (Å²) in [6.07, 6.45) is 0. The molecule has 2 heterocycles. The second-order valence-corrected chi connectivity index (χ2v) is 6.10. The molecule has 0 saturated heterocycles. The molecule has 0 atom stereocenters. The molecule has 7 nitrogen and oxygen atoms in total. The van der Waals surface area contributed by atoms with E-state index < -0.39 is 11.7 Å². The van der Waals surface area contributed by atoms with Crippen molar-refractivity contribution < 1.29 is 27.9 Å². The number of para-hydroxylation sites is 1. The maximum Gasteiger partial charge on any atom is 0.278 e. The average molecular weight is 384 g/mol. The molecule has 1 amide bonds. The molecule has 3 aromatic rings. The van der Waals surface area contributed by atoms with Crippen LogP contribution < -0.4 is 19.5 Å². The Morgan fingerprint density at radius 3 is 2.79 bits per heavy atom. The number of nitrogens with zero attached hydrogens (tertiary/aromatic N) is 1. The Hall–Kier alpha value is -3.55. The Kier molecular flexibility index (Phi) is 4.84. The Morgan fingerprint density at radius 1 is 1.18 bits per heavy atom. The summed E-state index contributed by atoms with van der Waals surface area (Å²) in [5, 5.41) is 6.56. The van der Waals surface area contributed by atoms with Gasteiger partial charge in [0.25, 0.3) is 5.91 Å². The molecule has 1 N–H and O–H groups in total. The van der Waals surface area contributed by atoms with Crippen LogP contribution in [0.1, 0.15) is 21.8 Å². The van der Waals surface area contributed by atoms with E-state index in [1.807, 2.05) is 0 Å². The Morgan fingerprint density at radius 2 is 1.96 bits per heavy atom. The second-order valence-electron chi connectivity index (χ2n) is 6.10. The number of carbonyl (C=O) groups excluding carboxylic acids is 1. The minimum absolute atomic E-state index is 0.0554. The molecule has 28 heavy (non-hydrogen) atoms. The van der Waals surface area contributed by atoms with Gasteiger partial charge in [-0.3, -0.25) is 4.79 Å². The summed E-state index contributed by atoms with van der Waals surface area (Å²) in [7, 11) is 0. The molecule has 0 bridgehead atoms. The lowest BCUT2D eigenvalue weighted by Crippen LogP contribution is -2.17. The van der Waals surface area contributed by atoms with Crippen molar-refractivity contribution in [2.75, 3.05) is 18.5 Å². The molecule has 0 spiro atoms. The molecule has 0 aliphatic carbocycles. The minimum Gasteiger partial charge on any atom is -0.486 e. The minimum atomic E-state index is -0.487. The van der Waals surface area contributed by atoms with Crippen LogP contribution in [-0.4, -0.2) is 24.3 Å². The van der Waals surface area contributed by atoms with Crippen molar-refractivity contribution >= 4 is 11.6 Å². The predicted molar refractivity (Wildman–Crippen MR) is 97.4 cm³/mol. The first-order valence-corrected chi connectivity index (χ1v) is 8.65. The number of benzene rings is 2. The van der Waals surface area contributed by atoms with Crippen molar-refractivity contribution in [2.45, 2.75) is 13.5 Å². The lowest BCUT2D eigenvalue weighted by Gasteiger charge is -2.18. The third-order valence-electron chi connectivity index (χ3n) is 4.21. The number of hydrogen-bond donors (Lipinski definition) is 1. The maximum atomic E-state index is 13.7. The first kappa shape index (κ1) is 17.8. The van der Waals surface area contributed by atoms with Gasteiger partial charge in [-0.1, -0.05) is 17.3 Å². The van der Waals surface area contributed by atoms with Crippen LogP contribution in [0.2, 0.25) is 0 Å². The first-order chi connectivity index (χ1) is 13.6. The standard InChI is InChI=1S/C20H17FN2O5/c1-12-14(11-27-16-5-3-2-4-15(16)21)19(23-28-12)20(24)22-13-6-7-17-18(10-13)26-9-8-25-17/h2-7,10H,8-9,11H2,1H3,(H,22,24). The van der Waals surface area contributed by atoms with Crippen molar-refractivity contribution in [1.29, 1.82) is 0 Å². The SMILES string of the molecule is Cc1onc(C(=O)Nc2ccc3c(c2)OCCO3)c1COc1ccccc1F. The lowest BCUT2D eigenvalue weighted by molar-refractivity contribution is 0.101. The largest absolute Gasteiger partial charge is 0.486 e. The van der Waals surface area contributed by atoms with Gasteiger partial charge in [0.2, 0.25) is 0 Å². The van der Waals surface area contributed by atoms with Crippen LogP contribution in [0.3, 0.4) is 0 Å². The third kappa shape index (κ3) is 3.62. The van der Waals surface area contributed by atoms with Gasteiger partial charge in [-0.15, -0.1) is 0 Å². The number of ether oxygens (including phenoxy) is 3.